The van der Waals surface area contributed by atoms with Gasteiger partial charge in [-0.1, -0.05) is 75.7 Å². The van der Waals surface area contributed by atoms with Crippen molar-refractivity contribution in [3.8, 4) is 11.1 Å². The van der Waals surface area contributed by atoms with E-state index in [9.17, 15) is 19.5 Å². The number of rotatable bonds is 6. The van der Waals surface area contributed by atoms with E-state index in [4.69, 9.17) is 4.74 Å². The van der Waals surface area contributed by atoms with Gasteiger partial charge in [0.15, 0.2) is 0 Å². The van der Waals surface area contributed by atoms with Crippen LogP contribution in [0.1, 0.15) is 63.5 Å². The Morgan fingerprint density at radius 3 is 2.17 bits per heavy atom. The number of carbonyl (C=O) groups is 3. The lowest BCUT2D eigenvalue weighted by Crippen LogP contribution is -2.56. The molecule has 2 aromatic carbocycles. The summed E-state index contributed by atoms with van der Waals surface area (Å²) in [4.78, 5) is 37.3. The van der Waals surface area contributed by atoms with E-state index in [2.05, 4.69) is 34.9 Å². The summed E-state index contributed by atoms with van der Waals surface area (Å²) >= 11 is 0. The highest BCUT2D eigenvalue weighted by Gasteiger charge is 2.36. The van der Waals surface area contributed by atoms with Crippen LogP contribution in [-0.4, -0.2) is 41.8 Å². The number of fused-ring (bicyclic) bond motifs is 3. The summed E-state index contributed by atoms with van der Waals surface area (Å²) in [5, 5.41) is 15.1. The van der Waals surface area contributed by atoms with Gasteiger partial charge in [0.05, 0.1) is 5.92 Å². The third kappa shape index (κ3) is 5.50. The van der Waals surface area contributed by atoms with Crippen LogP contribution in [0.3, 0.4) is 0 Å². The molecular formula is C28H34N2O5. The Morgan fingerprint density at radius 2 is 1.60 bits per heavy atom. The van der Waals surface area contributed by atoms with Crippen LogP contribution in [0, 0.1) is 11.3 Å². The van der Waals surface area contributed by atoms with E-state index in [1.165, 1.54) is 0 Å². The highest BCUT2D eigenvalue weighted by atomic mass is 16.5. The average Bonchev–Trinajstić information content (AvgIpc) is 3.14. The largest absolute Gasteiger partial charge is 0.481 e. The summed E-state index contributed by atoms with van der Waals surface area (Å²) in [6, 6.07) is 15.2. The molecule has 0 spiro atoms. The minimum atomic E-state index is -0.826. The van der Waals surface area contributed by atoms with E-state index < -0.39 is 29.4 Å². The van der Waals surface area contributed by atoms with Crippen LogP contribution in [0.5, 0.6) is 0 Å². The first kappa shape index (κ1) is 24.8. The summed E-state index contributed by atoms with van der Waals surface area (Å²) in [6.07, 6.45) is 1.87. The number of carboxylic acids is 1. The van der Waals surface area contributed by atoms with E-state index >= 15 is 0 Å². The molecule has 1 saturated carbocycles. The van der Waals surface area contributed by atoms with Crippen molar-refractivity contribution >= 4 is 18.0 Å². The summed E-state index contributed by atoms with van der Waals surface area (Å²) in [7, 11) is 0. The Balaban J connectivity index is 1.40. The van der Waals surface area contributed by atoms with Crippen LogP contribution < -0.4 is 10.6 Å². The molecule has 35 heavy (non-hydrogen) atoms. The topological polar surface area (TPSA) is 105 Å². The van der Waals surface area contributed by atoms with Crippen LogP contribution in [0.15, 0.2) is 48.5 Å². The van der Waals surface area contributed by atoms with Crippen LogP contribution in [0.25, 0.3) is 11.1 Å². The molecule has 186 valence electrons. The second-order valence-corrected chi connectivity index (χ2v) is 10.7. The van der Waals surface area contributed by atoms with Gasteiger partial charge in [0.1, 0.15) is 12.6 Å². The molecule has 0 bridgehead atoms. The first-order chi connectivity index (χ1) is 16.6. The van der Waals surface area contributed by atoms with Crippen molar-refractivity contribution < 1.29 is 24.2 Å². The molecule has 7 nitrogen and oxygen atoms in total. The van der Waals surface area contributed by atoms with Gasteiger partial charge in [-0.3, -0.25) is 9.59 Å². The first-order valence-electron chi connectivity index (χ1n) is 12.3. The zero-order valence-electron chi connectivity index (χ0n) is 20.5. The van der Waals surface area contributed by atoms with Gasteiger partial charge in [0, 0.05) is 12.0 Å². The molecule has 1 fully saturated rings. The maximum absolute atomic E-state index is 13.1. The van der Waals surface area contributed by atoms with Gasteiger partial charge in [-0.05, 0) is 46.9 Å². The molecule has 0 aromatic heterocycles. The number of benzene rings is 2. The predicted octanol–water partition coefficient (Wildman–Crippen LogP) is 4.70. The third-order valence-corrected chi connectivity index (χ3v) is 7.10. The normalized spacial score (nSPS) is 20.3. The molecule has 0 saturated heterocycles. The number of nitrogens with one attached hydrogen (secondary N) is 2. The van der Waals surface area contributed by atoms with Crippen LogP contribution in [-0.2, 0) is 14.3 Å². The average molecular weight is 479 g/mol. The highest BCUT2D eigenvalue weighted by Crippen LogP contribution is 2.44. The number of carbonyl (C=O) groups excluding carboxylic acids is 2. The Labute approximate surface area is 206 Å². The second-order valence-electron chi connectivity index (χ2n) is 10.7. The Kier molecular flexibility index (Phi) is 7.15. The molecule has 7 heteroatoms. The number of amides is 2. The molecule has 3 N–H and O–H groups in total. The molecular weight excluding hydrogens is 444 g/mol. The standard InChI is InChI=1S/C28H34N2O5/c1-28(2,3)24(25(31)29-18-10-8-9-17(15-18)26(32)33)30-27(34)35-16-23-21-13-6-4-11-19(21)20-12-5-7-14-22(20)23/h4-7,11-14,17-18,23-24H,8-10,15-16H2,1-3H3,(H,29,31)(H,30,34)(H,32,33)/t17-,18-,24+/m1/s1. The molecule has 2 aliphatic carbocycles. The van der Waals surface area contributed by atoms with Crippen molar-refractivity contribution in [2.24, 2.45) is 11.3 Å². The predicted molar refractivity (Wildman–Crippen MR) is 133 cm³/mol. The zero-order valence-corrected chi connectivity index (χ0v) is 20.5. The van der Waals surface area contributed by atoms with E-state index in [1.807, 2.05) is 45.0 Å². The second kappa shape index (κ2) is 10.1. The SMILES string of the molecule is CC(C)(C)[C@@H](NC(=O)OCC1c2ccccc2-c2ccccc21)C(=O)N[C@@H]1CCC[C@@H](C(=O)O)C1. The molecule has 0 aliphatic heterocycles. The van der Waals surface area contributed by atoms with Crippen LogP contribution >= 0.6 is 0 Å². The molecule has 2 aromatic rings. The van der Waals surface area contributed by atoms with Gasteiger partial charge in [0.2, 0.25) is 5.91 Å². The van der Waals surface area contributed by atoms with E-state index in [-0.39, 0.29) is 24.5 Å². The fraction of sp³-hybridized carbons (Fsp3) is 0.464. The Hall–Kier alpha value is -3.35. The quantitative estimate of drug-likeness (QED) is 0.558. The molecule has 3 atom stereocenters. The van der Waals surface area contributed by atoms with E-state index in [0.29, 0.717) is 12.8 Å². The molecule has 0 unspecified atom stereocenters. The lowest BCUT2D eigenvalue weighted by atomic mass is 9.83. The van der Waals surface area contributed by atoms with Gasteiger partial charge in [0.25, 0.3) is 0 Å². The number of ether oxygens (including phenoxy) is 1. The maximum Gasteiger partial charge on any atom is 0.407 e. The highest BCUT2D eigenvalue weighted by molar-refractivity contribution is 5.87. The first-order valence-corrected chi connectivity index (χ1v) is 12.3. The van der Waals surface area contributed by atoms with Crippen LogP contribution in [0.4, 0.5) is 4.79 Å². The van der Waals surface area contributed by atoms with Crippen molar-refractivity contribution in [2.45, 2.75) is 64.5 Å². The Bertz CT molecular complexity index is 1060. The zero-order chi connectivity index (χ0) is 25.2. The van der Waals surface area contributed by atoms with Crippen molar-refractivity contribution in [2.75, 3.05) is 6.61 Å². The van der Waals surface area contributed by atoms with Crippen molar-refractivity contribution in [3.05, 3.63) is 59.7 Å². The summed E-state index contributed by atoms with van der Waals surface area (Å²) in [6.45, 7) is 5.80. The van der Waals surface area contributed by atoms with E-state index in [1.54, 1.807) is 0 Å². The van der Waals surface area contributed by atoms with Gasteiger partial charge < -0.3 is 20.5 Å². The summed E-state index contributed by atoms with van der Waals surface area (Å²) in [5.41, 5.74) is 3.98. The molecule has 0 radical (unpaired) electrons. The summed E-state index contributed by atoms with van der Waals surface area (Å²) < 4.78 is 5.65. The smallest absolute Gasteiger partial charge is 0.407 e. The lowest BCUT2D eigenvalue weighted by molar-refractivity contribution is -0.143. The fourth-order valence-electron chi connectivity index (χ4n) is 5.26. The van der Waals surface area contributed by atoms with Crippen LogP contribution in [0.2, 0.25) is 0 Å². The van der Waals surface area contributed by atoms with Gasteiger partial charge in [-0.2, -0.15) is 0 Å². The fourth-order valence-corrected chi connectivity index (χ4v) is 5.26. The van der Waals surface area contributed by atoms with Crippen molar-refractivity contribution in [1.82, 2.24) is 10.6 Å². The summed E-state index contributed by atoms with van der Waals surface area (Å²) in [5.74, 6) is -1.65. The Morgan fingerprint density at radius 1 is 1.00 bits per heavy atom. The monoisotopic (exact) mass is 478 g/mol. The third-order valence-electron chi connectivity index (χ3n) is 7.10. The lowest BCUT2D eigenvalue weighted by Gasteiger charge is -2.33. The molecule has 2 aliphatic rings. The molecule has 2 amide bonds. The maximum atomic E-state index is 13.1. The van der Waals surface area contributed by atoms with Crippen molar-refractivity contribution in [1.29, 1.82) is 0 Å². The minimum Gasteiger partial charge on any atom is -0.481 e. The van der Waals surface area contributed by atoms with Gasteiger partial charge in [-0.15, -0.1) is 0 Å². The number of hydrogen-bond donors (Lipinski definition) is 3. The number of alkyl carbamates (subject to hydrolysis) is 1. The number of hydrogen-bond acceptors (Lipinski definition) is 4. The molecule has 0 heterocycles. The molecule has 4 rings (SSSR count). The van der Waals surface area contributed by atoms with E-state index in [0.717, 1.165) is 35.1 Å². The number of aliphatic carboxylic acids is 1. The number of carboxylic acid groups (broad SMARTS) is 1. The van der Waals surface area contributed by atoms with Gasteiger partial charge in [-0.25, -0.2) is 4.79 Å². The minimum absolute atomic E-state index is 0.0646. The van der Waals surface area contributed by atoms with Crippen molar-refractivity contribution in [3.63, 3.8) is 0 Å². The van der Waals surface area contributed by atoms with Gasteiger partial charge >= 0.3 is 12.1 Å².